The first kappa shape index (κ1) is 19.0. The van der Waals surface area contributed by atoms with Crippen LogP contribution in [0.3, 0.4) is 0 Å². The van der Waals surface area contributed by atoms with Crippen LogP contribution in [-0.4, -0.2) is 85.7 Å². The van der Waals surface area contributed by atoms with E-state index in [1.807, 2.05) is 11.8 Å². The van der Waals surface area contributed by atoms with Gasteiger partial charge in [0, 0.05) is 50.8 Å². The summed E-state index contributed by atoms with van der Waals surface area (Å²) in [6.45, 7) is 3.76. The van der Waals surface area contributed by atoms with Crippen LogP contribution in [0.15, 0.2) is 29.2 Å². The van der Waals surface area contributed by atoms with E-state index in [2.05, 4.69) is 4.90 Å². The minimum atomic E-state index is -3.62. The van der Waals surface area contributed by atoms with Gasteiger partial charge in [0.2, 0.25) is 15.9 Å². The van der Waals surface area contributed by atoms with Crippen LogP contribution in [0.1, 0.15) is 0 Å². The normalized spacial score (nSPS) is 20.6. The van der Waals surface area contributed by atoms with Gasteiger partial charge in [-0.25, -0.2) is 8.42 Å². The Morgan fingerprint density at radius 1 is 1.04 bits per heavy atom. The second kappa shape index (κ2) is 8.26. The van der Waals surface area contributed by atoms with Gasteiger partial charge in [-0.2, -0.15) is 16.1 Å². The van der Waals surface area contributed by atoms with E-state index < -0.39 is 10.0 Å². The van der Waals surface area contributed by atoms with E-state index >= 15 is 0 Å². The van der Waals surface area contributed by atoms with E-state index in [1.165, 1.54) is 10.4 Å². The highest BCUT2D eigenvalue weighted by Crippen LogP contribution is 2.25. The number of hydrogen-bond donors (Lipinski definition) is 0. The number of halogens is 1. The average Bonchev–Trinajstić information content (AvgIpc) is 2.63. The van der Waals surface area contributed by atoms with Crippen molar-refractivity contribution in [3.63, 3.8) is 0 Å². The minimum absolute atomic E-state index is 0.0849. The summed E-state index contributed by atoms with van der Waals surface area (Å²) in [6.07, 6.45) is 0. The lowest BCUT2D eigenvalue weighted by Gasteiger charge is -2.35. The summed E-state index contributed by atoms with van der Waals surface area (Å²) in [7, 11) is -3.62. The lowest BCUT2D eigenvalue weighted by molar-refractivity contribution is -0.133. The molecule has 9 heteroatoms. The third-order valence-electron chi connectivity index (χ3n) is 4.51. The molecule has 1 aromatic carbocycles. The molecule has 2 saturated heterocycles. The molecule has 2 heterocycles. The number of piperazine rings is 1. The number of benzene rings is 1. The Bertz CT molecular complexity index is 715. The highest BCUT2D eigenvalue weighted by atomic mass is 35.5. The Hall–Kier alpha value is -0.800. The van der Waals surface area contributed by atoms with Crippen molar-refractivity contribution in [3.05, 3.63) is 29.3 Å². The molecule has 0 aliphatic carbocycles. The van der Waals surface area contributed by atoms with Gasteiger partial charge in [0.25, 0.3) is 0 Å². The number of rotatable bonds is 4. The zero-order chi connectivity index (χ0) is 17.9. The van der Waals surface area contributed by atoms with Crippen molar-refractivity contribution in [2.24, 2.45) is 0 Å². The quantitative estimate of drug-likeness (QED) is 0.756. The van der Waals surface area contributed by atoms with Crippen LogP contribution in [0.5, 0.6) is 0 Å². The van der Waals surface area contributed by atoms with E-state index in [0.717, 1.165) is 24.6 Å². The van der Waals surface area contributed by atoms with Crippen LogP contribution in [0, 0.1) is 0 Å². The van der Waals surface area contributed by atoms with Crippen molar-refractivity contribution < 1.29 is 13.2 Å². The van der Waals surface area contributed by atoms with Gasteiger partial charge in [-0.1, -0.05) is 23.7 Å². The topological polar surface area (TPSA) is 60.9 Å². The molecule has 0 unspecified atom stereocenters. The van der Waals surface area contributed by atoms with Crippen molar-refractivity contribution in [2.45, 2.75) is 4.90 Å². The second-order valence-corrected chi connectivity index (χ2v) is 9.64. The van der Waals surface area contributed by atoms with E-state index in [9.17, 15) is 13.2 Å². The highest BCUT2D eigenvalue weighted by Gasteiger charge is 2.31. The Labute approximate surface area is 158 Å². The van der Waals surface area contributed by atoms with Crippen LogP contribution >= 0.6 is 23.4 Å². The van der Waals surface area contributed by atoms with Crippen molar-refractivity contribution in [3.8, 4) is 0 Å². The van der Waals surface area contributed by atoms with Gasteiger partial charge in [-0.15, -0.1) is 0 Å². The summed E-state index contributed by atoms with van der Waals surface area (Å²) in [5, 5.41) is 0.226. The molecule has 1 aromatic rings. The Morgan fingerprint density at radius 2 is 1.68 bits per heavy atom. The molecule has 2 aliphatic rings. The monoisotopic (exact) mass is 403 g/mol. The molecule has 138 valence electrons. The molecule has 0 atom stereocenters. The number of carbonyl (C=O) groups is 1. The van der Waals surface area contributed by atoms with Crippen molar-refractivity contribution in [1.29, 1.82) is 0 Å². The van der Waals surface area contributed by atoms with Gasteiger partial charge in [-0.3, -0.25) is 9.69 Å². The van der Waals surface area contributed by atoms with Gasteiger partial charge in [0.15, 0.2) is 0 Å². The van der Waals surface area contributed by atoms with Gasteiger partial charge in [0.05, 0.1) is 11.6 Å². The van der Waals surface area contributed by atoms with Crippen molar-refractivity contribution >= 4 is 39.3 Å². The van der Waals surface area contributed by atoms with Crippen molar-refractivity contribution in [1.82, 2.24) is 14.1 Å². The fraction of sp³-hybridized carbons (Fsp3) is 0.562. The molecule has 0 saturated carbocycles. The van der Waals surface area contributed by atoms with Crippen LogP contribution < -0.4 is 0 Å². The maximum atomic E-state index is 12.7. The predicted octanol–water partition coefficient (Wildman–Crippen LogP) is 1.22. The molecule has 0 N–H and O–H groups in total. The number of sulfonamides is 1. The zero-order valence-corrected chi connectivity index (χ0v) is 16.3. The minimum Gasteiger partial charge on any atom is -0.339 e. The van der Waals surface area contributed by atoms with Crippen molar-refractivity contribution in [2.75, 3.05) is 57.3 Å². The number of amides is 1. The van der Waals surface area contributed by atoms with Crippen LogP contribution in [0.4, 0.5) is 0 Å². The van der Waals surface area contributed by atoms with E-state index in [1.54, 1.807) is 23.1 Å². The molecule has 0 aromatic heterocycles. The molecule has 25 heavy (non-hydrogen) atoms. The molecular formula is C16H22ClN3O3S2. The van der Waals surface area contributed by atoms with Gasteiger partial charge < -0.3 is 4.90 Å². The summed E-state index contributed by atoms with van der Waals surface area (Å²) in [6, 6.07) is 6.46. The van der Waals surface area contributed by atoms with Crippen LogP contribution in [0.25, 0.3) is 0 Å². The third kappa shape index (κ3) is 4.49. The van der Waals surface area contributed by atoms with Gasteiger partial charge >= 0.3 is 0 Å². The molecule has 6 nitrogen and oxygen atoms in total. The Morgan fingerprint density at radius 3 is 2.32 bits per heavy atom. The maximum Gasteiger partial charge on any atom is 0.244 e. The standard InChI is InChI=1S/C16H22ClN3O3S2/c17-14-3-1-2-4-15(14)25(22,23)20-7-5-19(6-8-20)16(21)13-18-9-11-24-12-10-18/h1-4H,5-13H2. The smallest absolute Gasteiger partial charge is 0.244 e. The predicted molar refractivity (Wildman–Crippen MR) is 101 cm³/mol. The lowest BCUT2D eigenvalue weighted by atomic mass is 10.3. The summed E-state index contributed by atoms with van der Waals surface area (Å²) >= 11 is 7.95. The van der Waals surface area contributed by atoms with Crippen LogP contribution in [-0.2, 0) is 14.8 Å². The fourth-order valence-corrected chi connectivity index (χ4v) is 5.92. The number of nitrogens with zero attached hydrogens (tertiary/aromatic N) is 3. The first-order valence-corrected chi connectivity index (χ1v) is 11.3. The third-order valence-corrected chi connectivity index (χ3v) is 7.85. The molecule has 3 rings (SSSR count). The Balaban J connectivity index is 1.58. The summed E-state index contributed by atoms with van der Waals surface area (Å²) in [4.78, 5) is 16.5. The lowest BCUT2D eigenvalue weighted by Crippen LogP contribution is -2.53. The van der Waals surface area contributed by atoms with E-state index in [0.29, 0.717) is 32.7 Å². The summed E-state index contributed by atoms with van der Waals surface area (Å²) < 4.78 is 26.9. The van der Waals surface area contributed by atoms with E-state index in [4.69, 9.17) is 11.6 Å². The Kier molecular flexibility index (Phi) is 6.27. The molecule has 2 fully saturated rings. The molecule has 2 aliphatic heterocycles. The van der Waals surface area contributed by atoms with Crippen LogP contribution in [0.2, 0.25) is 5.02 Å². The van der Waals surface area contributed by atoms with Gasteiger partial charge in [0.1, 0.15) is 4.90 Å². The molecule has 0 radical (unpaired) electrons. The summed E-state index contributed by atoms with van der Waals surface area (Å²) in [5.41, 5.74) is 0. The number of thioether (sulfide) groups is 1. The van der Waals surface area contributed by atoms with E-state index in [-0.39, 0.29) is 15.8 Å². The van der Waals surface area contributed by atoms with Gasteiger partial charge in [-0.05, 0) is 12.1 Å². The molecule has 0 bridgehead atoms. The zero-order valence-electron chi connectivity index (χ0n) is 13.9. The first-order chi connectivity index (χ1) is 12.0. The number of hydrogen-bond acceptors (Lipinski definition) is 5. The average molecular weight is 404 g/mol. The maximum absolute atomic E-state index is 12.7. The largest absolute Gasteiger partial charge is 0.339 e. The highest BCUT2D eigenvalue weighted by molar-refractivity contribution is 7.99. The molecule has 0 spiro atoms. The molecule has 1 amide bonds. The summed E-state index contributed by atoms with van der Waals surface area (Å²) in [5.74, 6) is 2.22. The first-order valence-electron chi connectivity index (χ1n) is 8.31. The SMILES string of the molecule is O=C(CN1CCSCC1)N1CCN(S(=O)(=O)c2ccccc2Cl)CC1. The number of carbonyl (C=O) groups excluding carboxylic acids is 1. The second-order valence-electron chi connectivity index (χ2n) is 6.10. The fourth-order valence-electron chi connectivity index (χ4n) is 3.02. The molecular weight excluding hydrogens is 382 g/mol.